The number of hydrogen-bond donors (Lipinski definition) is 1. The van der Waals surface area contributed by atoms with Gasteiger partial charge in [-0.05, 0) is 23.6 Å². The predicted molar refractivity (Wildman–Crippen MR) is 68.2 cm³/mol. The van der Waals surface area contributed by atoms with Gasteiger partial charge in [0.05, 0.1) is 5.60 Å². The van der Waals surface area contributed by atoms with E-state index in [9.17, 15) is 18.3 Å². The van der Waals surface area contributed by atoms with Crippen LogP contribution in [-0.2, 0) is 6.54 Å². The second-order valence-corrected chi connectivity index (χ2v) is 5.60. The van der Waals surface area contributed by atoms with Gasteiger partial charge >= 0.3 is 6.36 Å². The molecule has 1 saturated heterocycles. The van der Waals surface area contributed by atoms with Crippen LogP contribution in [-0.4, -0.2) is 35.1 Å². The molecule has 1 N–H and O–H groups in total. The Morgan fingerprint density at radius 3 is 2.25 bits per heavy atom. The standard InChI is InChI=1S/C14H18F3NO2/c1-10(2)13(19)8-18(9-13)7-11-3-5-12(6-4-11)20-14(15,16)17/h3-6,10,19H,7-9H2,1-2H3. The van der Waals surface area contributed by atoms with E-state index in [2.05, 4.69) is 9.64 Å². The first-order chi connectivity index (χ1) is 9.18. The largest absolute Gasteiger partial charge is 0.573 e. The minimum atomic E-state index is -4.66. The Kier molecular flexibility index (Phi) is 3.97. The van der Waals surface area contributed by atoms with E-state index in [0.717, 1.165) is 5.56 Å². The van der Waals surface area contributed by atoms with Crippen molar-refractivity contribution in [1.82, 2.24) is 4.90 Å². The second-order valence-electron chi connectivity index (χ2n) is 5.60. The van der Waals surface area contributed by atoms with Crippen LogP contribution in [0.4, 0.5) is 13.2 Å². The number of alkyl halides is 3. The van der Waals surface area contributed by atoms with E-state index in [-0.39, 0.29) is 11.7 Å². The van der Waals surface area contributed by atoms with Crippen molar-refractivity contribution in [3.63, 3.8) is 0 Å². The van der Waals surface area contributed by atoms with Crippen molar-refractivity contribution in [1.29, 1.82) is 0 Å². The average molecular weight is 289 g/mol. The molecule has 0 atom stereocenters. The number of benzene rings is 1. The van der Waals surface area contributed by atoms with Crippen LogP contribution in [0.25, 0.3) is 0 Å². The topological polar surface area (TPSA) is 32.7 Å². The van der Waals surface area contributed by atoms with Crippen LogP contribution in [0.1, 0.15) is 19.4 Å². The van der Waals surface area contributed by atoms with Gasteiger partial charge in [-0.1, -0.05) is 26.0 Å². The Labute approximate surface area is 116 Å². The van der Waals surface area contributed by atoms with E-state index >= 15 is 0 Å². The number of ether oxygens (including phenoxy) is 1. The summed E-state index contributed by atoms with van der Waals surface area (Å²) >= 11 is 0. The Balaban J connectivity index is 1.87. The summed E-state index contributed by atoms with van der Waals surface area (Å²) in [5.74, 6) is -0.0233. The minimum Gasteiger partial charge on any atom is -0.406 e. The molecule has 0 aliphatic carbocycles. The summed E-state index contributed by atoms with van der Waals surface area (Å²) in [4.78, 5) is 2.06. The van der Waals surface area contributed by atoms with Gasteiger partial charge in [-0.25, -0.2) is 0 Å². The highest BCUT2D eigenvalue weighted by atomic mass is 19.4. The summed E-state index contributed by atoms with van der Waals surface area (Å²) in [6.07, 6.45) is -4.66. The summed E-state index contributed by atoms with van der Waals surface area (Å²) in [6.45, 7) is 5.74. The SMILES string of the molecule is CC(C)C1(O)CN(Cc2ccc(OC(F)(F)F)cc2)C1. The molecule has 0 spiro atoms. The third-order valence-corrected chi connectivity index (χ3v) is 3.63. The van der Waals surface area contributed by atoms with Gasteiger partial charge in [-0.2, -0.15) is 0 Å². The van der Waals surface area contributed by atoms with Crippen LogP contribution in [0.3, 0.4) is 0 Å². The molecule has 1 aromatic carbocycles. The number of hydrogen-bond acceptors (Lipinski definition) is 3. The molecule has 0 amide bonds. The number of β-amino-alcohol motifs (C(OH)–C–C–N with tert-alkyl or cyclic N) is 1. The average Bonchev–Trinajstić information content (AvgIpc) is 2.27. The van der Waals surface area contributed by atoms with Crippen molar-refractivity contribution in [2.24, 2.45) is 5.92 Å². The molecule has 20 heavy (non-hydrogen) atoms. The molecule has 6 heteroatoms. The first-order valence-electron chi connectivity index (χ1n) is 6.47. The fraction of sp³-hybridized carbons (Fsp3) is 0.571. The molecule has 0 unspecified atom stereocenters. The monoisotopic (exact) mass is 289 g/mol. The van der Waals surface area contributed by atoms with Crippen molar-refractivity contribution >= 4 is 0 Å². The molecular weight excluding hydrogens is 271 g/mol. The molecule has 1 heterocycles. The first kappa shape index (κ1) is 15.1. The maximum atomic E-state index is 12.0. The molecule has 0 saturated carbocycles. The van der Waals surface area contributed by atoms with Crippen LogP contribution >= 0.6 is 0 Å². The van der Waals surface area contributed by atoms with E-state index in [0.29, 0.717) is 19.6 Å². The van der Waals surface area contributed by atoms with Gasteiger partial charge in [-0.3, -0.25) is 4.90 Å². The van der Waals surface area contributed by atoms with E-state index in [1.165, 1.54) is 12.1 Å². The molecule has 2 rings (SSSR count). The Morgan fingerprint density at radius 1 is 1.25 bits per heavy atom. The maximum Gasteiger partial charge on any atom is 0.573 e. The van der Waals surface area contributed by atoms with Crippen molar-refractivity contribution in [2.75, 3.05) is 13.1 Å². The molecule has 1 aliphatic heterocycles. The van der Waals surface area contributed by atoms with Crippen LogP contribution in [0.15, 0.2) is 24.3 Å². The first-order valence-corrected chi connectivity index (χ1v) is 6.47. The van der Waals surface area contributed by atoms with E-state index in [4.69, 9.17) is 0 Å². The van der Waals surface area contributed by atoms with Crippen molar-refractivity contribution in [3.05, 3.63) is 29.8 Å². The van der Waals surface area contributed by atoms with Crippen molar-refractivity contribution < 1.29 is 23.0 Å². The van der Waals surface area contributed by atoms with E-state index in [1.54, 1.807) is 12.1 Å². The summed E-state index contributed by atoms with van der Waals surface area (Å²) < 4.78 is 39.9. The lowest BCUT2D eigenvalue weighted by Gasteiger charge is -2.49. The maximum absolute atomic E-state index is 12.0. The Bertz CT molecular complexity index is 450. The van der Waals surface area contributed by atoms with Crippen LogP contribution in [0.2, 0.25) is 0 Å². The zero-order valence-corrected chi connectivity index (χ0v) is 11.4. The molecule has 0 radical (unpaired) electrons. The number of likely N-dealkylation sites (tertiary alicyclic amines) is 1. The third-order valence-electron chi connectivity index (χ3n) is 3.63. The van der Waals surface area contributed by atoms with Crippen molar-refractivity contribution in [2.45, 2.75) is 32.4 Å². The lowest BCUT2D eigenvalue weighted by atomic mass is 9.83. The summed E-state index contributed by atoms with van der Waals surface area (Å²) in [6, 6.07) is 5.82. The Hall–Kier alpha value is -1.27. The highest BCUT2D eigenvalue weighted by Crippen LogP contribution is 2.30. The van der Waals surface area contributed by atoms with Crippen LogP contribution < -0.4 is 4.74 Å². The van der Waals surface area contributed by atoms with Gasteiger partial charge in [0.1, 0.15) is 5.75 Å². The molecule has 3 nitrogen and oxygen atoms in total. The quantitative estimate of drug-likeness (QED) is 0.925. The third kappa shape index (κ3) is 3.64. The normalized spacial score (nSPS) is 18.9. The molecular formula is C14H18F3NO2. The lowest BCUT2D eigenvalue weighted by Crippen LogP contribution is -2.63. The van der Waals surface area contributed by atoms with Gasteiger partial charge in [0.25, 0.3) is 0 Å². The van der Waals surface area contributed by atoms with Crippen LogP contribution in [0.5, 0.6) is 5.75 Å². The smallest absolute Gasteiger partial charge is 0.406 e. The Morgan fingerprint density at radius 2 is 1.80 bits per heavy atom. The molecule has 0 bridgehead atoms. The molecule has 1 aromatic rings. The number of halogens is 3. The highest BCUT2D eigenvalue weighted by molar-refractivity contribution is 5.27. The van der Waals surface area contributed by atoms with Gasteiger partial charge in [0.2, 0.25) is 0 Å². The van der Waals surface area contributed by atoms with Gasteiger partial charge in [0.15, 0.2) is 0 Å². The molecule has 1 fully saturated rings. The lowest BCUT2D eigenvalue weighted by molar-refractivity contribution is -0.274. The molecule has 112 valence electrons. The summed E-state index contributed by atoms with van der Waals surface area (Å²) in [7, 11) is 0. The van der Waals surface area contributed by atoms with E-state index in [1.807, 2.05) is 13.8 Å². The zero-order valence-electron chi connectivity index (χ0n) is 11.4. The number of rotatable bonds is 4. The predicted octanol–water partition coefficient (Wildman–Crippen LogP) is 2.79. The van der Waals surface area contributed by atoms with Gasteiger partial charge in [-0.15, -0.1) is 13.2 Å². The highest BCUT2D eigenvalue weighted by Gasteiger charge is 2.43. The fourth-order valence-electron chi connectivity index (χ4n) is 2.26. The van der Waals surface area contributed by atoms with E-state index < -0.39 is 12.0 Å². The number of aliphatic hydroxyl groups is 1. The fourth-order valence-corrected chi connectivity index (χ4v) is 2.26. The molecule has 0 aromatic heterocycles. The minimum absolute atomic E-state index is 0.196. The van der Waals surface area contributed by atoms with Gasteiger partial charge in [0, 0.05) is 19.6 Å². The number of nitrogens with zero attached hydrogens (tertiary/aromatic N) is 1. The zero-order chi connectivity index (χ0) is 15.0. The summed E-state index contributed by atoms with van der Waals surface area (Å²) in [5, 5.41) is 10.1. The van der Waals surface area contributed by atoms with Crippen molar-refractivity contribution in [3.8, 4) is 5.75 Å². The van der Waals surface area contributed by atoms with Crippen LogP contribution in [0, 0.1) is 5.92 Å². The van der Waals surface area contributed by atoms with Gasteiger partial charge < -0.3 is 9.84 Å². The summed E-state index contributed by atoms with van der Waals surface area (Å²) in [5.41, 5.74) is 0.254. The molecule has 1 aliphatic rings. The second kappa shape index (κ2) is 5.26.